The summed E-state index contributed by atoms with van der Waals surface area (Å²) in [4.78, 5) is 18.2. The molecule has 0 bridgehead atoms. The molecule has 0 spiro atoms. The van der Waals surface area contributed by atoms with Gasteiger partial charge in [0, 0.05) is 18.7 Å². The van der Waals surface area contributed by atoms with E-state index < -0.39 is 4.92 Å². The van der Waals surface area contributed by atoms with Crippen LogP contribution in [0.3, 0.4) is 0 Å². The summed E-state index contributed by atoms with van der Waals surface area (Å²) in [5, 5.41) is 22.4. The largest absolute Gasteiger partial charge is 0.444 e. The highest BCUT2D eigenvalue weighted by atomic mass is 16.6. The summed E-state index contributed by atoms with van der Waals surface area (Å²) in [6, 6.07) is 2.98. The number of nitrogens with one attached hydrogen (secondary N) is 1. The molecule has 8 nitrogen and oxygen atoms in total. The van der Waals surface area contributed by atoms with Crippen LogP contribution in [0.15, 0.2) is 22.9 Å². The van der Waals surface area contributed by atoms with E-state index in [4.69, 9.17) is 9.68 Å². The summed E-state index contributed by atoms with van der Waals surface area (Å²) in [6.07, 6.45) is 3.60. The normalized spacial score (nSPS) is 10.0. The molecule has 0 saturated heterocycles. The molecule has 0 saturated carbocycles. The molecule has 1 N–H and O–H groups in total. The minimum Gasteiger partial charge on any atom is -0.444 e. The molecule has 2 aromatic heterocycles. The van der Waals surface area contributed by atoms with E-state index in [1.807, 2.05) is 13.0 Å². The maximum atomic E-state index is 10.9. The van der Waals surface area contributed by atoms with Crippen LogP contribution in [0.2, 0.25) is 0 Å². The molecule has 0 atom stereocenters. The fraction of sp³-hybridized carbons (Fsp3) is 0.250. The summed E-state index contributed by atoms with van der Waals surface area (Å²) in [7, 11) is 0. The molecule has 0 amide bonds. The highest BCUT2D eigenvalue weighted by Crippen LogP contribution is 2.23. The number of nitriles is 1. The molecule has 0 radical (unpaired) electrons. The quantitative estimate of drug-likeness (QED) is 0.653. The lowest BCUT2D eigenvalue weighted by Gasteiger charge is -2.03. The van der Waals surface area contributed by atoms with Crippen LogP contribution < -0.4 is 5.32 Å². The maximum Gasteiger partial charge on any atom is 0.312 e. The number of hydrogen-bond donors (Lipinski definition) is 1. The van der Waals surface area contributed by atoms with E-state index in [0.29, 0.717) is 5.89 Å². The van der Waals surface area contributed by atoms with Crippen molar-refractivity contribution in [2.24, 2.45) is 0 Å². The first kappa shape index (κ1) is 13.5. The number of aryl methyl sites for hydroxylation is 1. The van der Waals surface area contributed by atoms with Crippen molar-refractivity contribution in [1.82, 2.24) is 9.97 Å². The molecule has 0 aliphatic carbocycles. The Morgan fingerprint density at radius 2 is 2.30 bits per heavy atom. The van der Waals surface area contributed by atoms with E-state index in [2.05, 4.69) is 15.3 Å². The zero-order valence-electron chi connectivity index (χ0n) is 10.7. The van der Waals surface area contributed by atoms with E-state index in [1.54, 1.807) is 6.20 Å². The van der Waals surface area contributed by atoms with Crippen LogP contribution >= 0.6 is 0 Å². The number of rotatable bonds is 5. The van der Waals surface area contributed by atoms with Crippen molar-refractivity contribution in [2.75, 3.05) is 5.32 Å². The number of anilines is 1. The van der Waals surface area contributed by atoms with E-state index >= 15 is 0 Å². The van der Waals surface area contributed by atoms with Crippen molar-refractivity contribution < 1.29 is 9.34 Å². The highest BCUT2D eigenvalue weighted by Gasteiger charge is 2.16. The molecular weight excluding hydrogens is 262 g/mol. The summed E-state index contributed by atoms with van der Waals surface area (Å²) >= 11 is 0. The fourth-order valence-corrected chi connectivity index (χ4v) is 1.54. The van der Waals surface area contributed by atoms with E-state index in [1.165, 1.54) is 12.3 Å². The lowest BCUT2D eigenvalue weighted by atomic mass is 10.3. The number of oxazole rings is 1. The summed E-state index contributed by atoms with van der Waals surface area (Å²) in [6.45, 7) is 2.12. The Hall–Kier alpha value is -2.95. The topological polar surface area (TPSA) is 118 Å². The predicted octanol–water partition coefficient (Wildman–Crippen LogP) is 2.02. The van der Waals surface area contributed by atoms with E-state index in [-0.39, 0.29) is 23.6 Å². The fourth-order valence-electron chi connectivity index (χ4n) is 1.54. The second-order valence-corrected chi connectivity index (χ2v) is 3.89. The van der Waals surface area contributed by atoms with Gasteiger partial charge in [-0.1, -0.05) is 6.92 Å². The Bertz CT molecular complexity index is 674. The Morgan fingerprint density at radius 1 is 1.50 bits per heavy atom. The molecular formula is C12H11N5O3. The average Bonchev–Trinajstić information content (AvgIpc) is 2.92. The minimum absolute atomic E-state index is 0.0743. The summed E-state index contributed by atoms with van der Waals surface area (Å²) < 4.78 is 5.38. The smallest absolute Gasteiger partial charge is 0.312 e. The lowest BCUT2D eigenvalue weighted by molar-refractivity contribution is -0.384. The zero-order valence-corrected chi connectivity index (χ0v) is 10.7. The van der Waals surface area contributed by atoms with Gasteiger partial charge in [-0.05, 0) is 0 Å². The van der Waals surface area contributed by atoms with Crippen LogP contribution in [-0.4, -0.2) is 14.9 Å². The van der Waals surface area contributed by atoms with Gasteiger partial charge in [0.25, 0.3) is 0 Å². The monoisotopic (exact) mass is 273 g/mol. The van der Waals surface area contributed by atoms with Gasteiger partial charge in [-0.3, -0.25) is 10.1 Å². The van der Waals surface area contributed by atoms with Gasteiger partial charge in [-0.15, -0.1) is 0 Å². The van der Waals surface area contributed by atoms with Gasteiger partial charge in [0.15, 0.2) is 0 Å². The van der Waals surface area contributed by atoms with Crippen molar-refractivity contribution in [3.05, 3.63) is 45.8 Å². The van der Waals surface area contributed by atoms with Gasteiger partial charge in [0.1, 0.15) is 11.8 Å². The number of aromatic nitrogens is 2. The first-order chi connectivity index (χ1) is 9.63. The first-order valence-electron chi connectivity index (χ1n) is 5.86. The Morgan fingerprint density at radius 3 is 2.90 bits per heavy atom. The molecule has 0 unspecified atom stereocenters. The van der Waals surface area contributed by atoms with Gasteiger partial charge in [0.2, 0.25) is 11.7 Å². The van der Waals surface area contributed by atoms with Crippen molar-refractivity contribution in [3.63, 3.8) is 0 Å². The van der Waals surface area contributed by atoms with Crippen LogP contribution in [0.1, 0.15) is 24.1 Å². The Kier molecular flexibility index (Phi) is 3.91. The number of pyridine rings is 1. The van der Waals surface area contributed by atoms with Crippen molar-refractivity contribution >= 4 is 11.5 Å². The van der Waals surface area contributed by atoms with E-state index in [9.17, 15) is 10.1 Å². The summed E-state index contributed by atoms with van der Waals surface area (Å²) in [5.41, 5.74) is -0.127. The third-order valence-electron chi connectivity index (χ3n) is 2.55. The SMILES string of the molecule is CCc1cnc(CNc2ncc(C#N)cc2[N+](=O)[O-])o1. The molecule has 2 heterocycles. The van der Waals surface area contributed by atoms with Gasteiger partial charge in [-0.25, -0.2) is 9.97 Å². The van der Waals surface area contributed by atoms with Crippen molar-refractivity contribution in [3.8, 4) is 6.07 Å². The number of nitrogens with zero attached hydrogens (tertiary/aromatic N) is 4. The third-order valence-corrected chi connectivity index (χ3v) is 2.55. The maximum absolute atomic E-state index is 10.9. The minimum atomic E-state index is -0.594. The summed E-state index contributed by atoms with van der Waals surface area (Å²) in [5.74, 6) is 1.23. The standard InChI is InChI=1S/C12H11N5O3/c1-2-9-6-14-11(20-9)7-16-12-10(17(18)19)3-8(4-13)5-15-12/h3,5-6H,2,7H2,1H3,(H,15,16). The average molecular weight is 273 g/mol. The molecule has 8 heteroatoms. The zero-order chi connectivity index (χ0) is 14.5. The van der Waals surface area contributed by atoms with Gasteiger partial charge >= 0.3 is 5.69 Å². The van der Waals surface area contributed by atoms with Gasteiger partial charge < -0.3 is 9.73 Å². The molecule has 0 fully saturated rings. The highest BCUT2D eigenvalue weighted by molar-refractivity contribution is 5.58. The molecule has 0 aliphatic rings. The van der Waals surface area contributed by atoms with Crippen LogP contribution in [0, 0.1) is 21.4 Å². The second kappa shape index (κ2) is 5.79. The lowest BCUT2D eigenvalue weighted by Crippen LogP contribution is -2.05. The van der Waals surface area contributed by atoms with Gasteiger partial charge in [-0.2, -0.15) is 5.26 Å². The predicted molar refractivity (Wildman–Crippen MR) is 68.8 cm³/mol. The first-order valence-corrected chi connectivity index (χ1v) is 5.86. The third kappa shape index (κ3) is 2.89. The molecule has 0 aliphatic heterocycles. The molecule has 20 heavy (non-hydrogen) atoms. The Labute approximate surface area is 114 Å². The molecule has 2 rings (SSSR count). The molecule has 2 aromatic rings. The van der Waals surface area contributed by atoms with Crippen LogP contribution in [0.5, 0.6) is 0 Å². The molecule has 102 valence electrons. The number of hydrogen-bond acceptors (Lipinski definition) is 7. The molecule has 0 aromatic carbocycles. The van der Waals surface area contributed by atoms with Crippen LogP contribution in [-0.2, 0) is 13.0 Å². The Balaban J connectivity index is 2.16. The van der Waals surface area contributed by atoms with Gasteiger partial charge in [0.05, 0.1) is 23.2 Å². The second-order valence-electron chi connectivity index (χ2n) is 3.89. The van der Waals surface area contributed by atoms with Crippen LogP contribution in [0.25, 0.3) is 0 Å². The van der Waals surface area contributed by atoms with E-state index in [0.717, 1.165) is 12.2 Å². The van der Waals surface area contributed by atoms with Crippen molar-refractivity contribution in [2.45, 2.75) is 19.9 Å². The van der Waals surface area contributed by atoms with Crippen LogP contribution in [0.4, 0.5) is 11.5 Å². The number of nitro groups is 1. The van der Waals surface area contributed by atoms with Crippen molar-refractivity contribution in [1.29, 1.82) is 5.26 Å².